The predicted octanol–water partition coefficient (Wildman–Crippen LogP) is 3.33. The number of fused-ring (bicyclic) bond motifs is 1. The fourth-order valence-corrected chi connectivity index (χ4v) is 2.22. The highest BCUT2D eigenvalue weighted by Crippen LogP contribution is 2.62. The van der Waals surface area contributed by atoms with Crippen molar-refractivity contribution in [3.8, 4) is 0 Å². The molecule has 1 nitrogen and oxygen atoms in total. The van der Waals surface area contributed by atoms with E-state index in [0.29, 0.717) is 6.07 Å². The van der Waals surface area contributed by atoms with Gasteiger partial charge >= 0.3 is 11.8 Å². The minimum absolute atomic E-state index is 0.655. The Hall–Kier alpha value is -1.43. The normalized spacial score (nSPS) is 27.9. The smallest absolute Gasteiger partial charge is 0.346 e. The van der Waals surface area contributed by atoms with E-state index in [1.807, 2.05) is 0 Å². The van der Waals surface area contributed by atoms with Gasteiger partial charge in [-0.2, -0.15) is 17.6 Å². The van der Waals surface area contributed by atoms with Gasteiger partial charge < -0.3 is 5.11 Å². The van der Waals surface area contributed by atoms with Crippen molar-refractivity contribution in [2.75, 3.05) is 0 Å². The standard InChI is InChI=1S/C12H9F5O/c1-2-6-10(18)7-4-3-5-8(13)9(7)11(14,15)12(10,16)17/h2-5,18H,1,6H2/t10-/m1/s1. The van der Waals surface area contributed by atoms with E-state index in [-0.39, 0.29) is 0 Å². The van der Waals surface area contributed by atoms with Crippen LogP contribution in [0.3, 0.4) is 0 Å². The van der Waals surface area contributed by atoms with Gasteiger partial charge in [0.15, 0.2) is 5.60 Å². The Morgan fingerprint density at radius 3 is 2.39 bits per heavy atom. The first-order valence-corrected chi connectivity index (χ1v) is 5.08. The maximum absolute atomic E-state index is 13.7. The van der Waals surface area contributed by atoms with Gasteiger partial charge in [-0.25, -0.2) is 4.39 Å². The third-order valence-corrected chi connectivity index (χ3v) is 3.13. The van der Waals surface area contributed by atoms with Crippen LogP contribution < -0.4 is 0 Å². The van der Waals surface area contributed by atoms with Crippen LogP contribution in [0.4, 0.5) is 22.0 Å². The highest BCUT2D eigenvalue weighted by Gasteiger charge is 2.76. The largest absolute Gasteiger partial charge is 0.378 e. The zero-order valence-electron chi connectivity index (χ0n) is 9.06. The Morgan fingerprint density at radius 1 is 1.22 bits per heavy atom. The lowest BCUT2D eigenvalue weighted by atomic mass is 9.89. The average Bonchev–Trinajstić information content (AvgIpc) is 2.38. The number of hydrogen-bond donors (Lipinski definition) is 1. The van der Waals surface area contributed by atoms with Crippen LogP contribution in [0, 0.1) is 5.82 Å². The number of benzene rings is 1. The summed E-state index contributed by atoms with van der Waals surface area (Å²) in [5, 5.41) is 9.86. The Balaban J connectivity index is 2.81. The maximum Gasteiger partial charge on any atom is 0.346 e. The number of aliphatic hydroxyl groups is 1. The lowest BCUT2D eigenvalue weighted by molar-refractivity contribution is -0.285. The number of hydrogen-bond acceptors (Lipinski definition) is 1. The molecule has 0 bridgehead atoms. The van der Waals surface area contributed by atoms with Crippen LogP contribution in [0.2, 0.25) is 0 Å². The molecule has 18 heavy (non-hydrogen) atoms. The van der Waals surface area contributed by atoms with Crippen LogP contribution in [0.15, 0.2) is 30.9 Å². The molecule has 0 aliphatic heterocycles. The minimum atomic E-state index is -4.79. The second kappa shape index (κ2) is 3.54. The van der Waals surface area contributed by atoms with Crippen molar-refractivity contribution in [1.82, 2.24) is 0 Å². The number of alkyl halides is 4. The molecule has 0 fully saturated rings. The first-order chi connectivity index (χ1) is 8.20. The molecule has 98 valence electrons. The Morgan fingerprint density at radius 2 is 1.83 bits per heavy atom. The number of halogens is 5. The summed E-state index contributed by atoms with van der Waals surface area (Å²) in [6, 6.07) is 2.53. The van der Waals surface area contributed by atoms with E-state index in [2.05, 4.69) is 6.58 Å². The SMILES string of the molecule is C=CC[C@@]1(O)c2cccc(F)c2C(F)(F)C1(F)F. The molecular formula is C12H9F5O. The molecule has 0 unspecified atom stereocenters. The summed E-state index contributed by atoms with van der Waals surface area (Å²) >= 11 is 0. The molecule has 1 aromatic carbocycles. The first kappa shape index (κ1) is 13.0. The zero-order chi connectivity index (χ0) is 13.8. The molecule has 1 aliphatic rings. The van der Waals surface area contributed by atoms with E-state index in [4.69, 9.17) is 0 Å². The van der Waals surface area contributed by atoms with Crippen LogP contribution >= 0.6 is 0 Å². The third kappa shape index (κ3) is 1.24. The lowest BCUT2D eigenvalue weighted by Gasteiger charge is -2.31. The van der Waals surface area contributed by atoms with Crippen LogP contribution in [0.25, 0.3) is 0 Å². The van der Waals surface area contributed by atoms with Gasteiger partial charge in [-0.05, 0) is 6.07 Å². The van der Waals surface area contributed by atoms with Crippen molar-refractivity contribution >= 4 is 0 Å². The van der Waals surface area contributed by atoms with E-state index < -0.39 is 40.8 Å². The highest BCUT2D eigenvalue weighted by atomic mass is 19.3. The van der Waals surface area contributed by atoms with Gasteiger partial charge in [-0.3, -0.25) is 0 Å². The van der Waals surface area contributed by atoms with E-state index in [1.165, 1.54) is 0 Å². The first-order valence-electron chi connectivity index (χ1n) is 5.08. The monoisotopic (exact) mass is 264 g/mol. The van der Waals surface area contributed by atoms with Crippen LogP contribution in [-0.4, -0.2) is 11.0 Å². The van der Waals surface area contributed by atoms with Crippen molar-refractivity contribution in [3.63, 3.8) is 0 Å². The van der Waals surface area contributed by atoms with Gasteiger partial charge in [0.05, 0.1) is 5.56 Å². The van der Waals surface area contributed by atoms with E-state index >= 15 is 0 Å². The molecule has 0 heterocycles. The molecule has 1 N–H and O–H groups in total. The molecule has 0 saturated carbocycles. The van der Waals surface area contributed by atoms with Crippen LogP contribution in [0.5, 0.6) is 0 Å². The van der Waals surface area contributed by atoms with Gasteiger partial charge in [0.1, 0.15) is 5.82 Å². The van der Waals surface area contributed by atoms with Crippen molar-refractivity contribution in [1.29, 1.82) is 0 Å². The lowest BCUT2D eigenvalue weighted by Crippen LogP contribution is -2.48. The maximum atomic E-state index is 13.7. The van der Waals surface area contributed by atoms with Crippen molar-refractivity contribution in [3.05, 3.63) is 47.8 Å². The summed E-state index contributed by atoms with van der Waals surface area (Å²) in [5.41, 5.74) is -5.38. The second-order valence-corrected chi connectivity index (χ2v) is 4.16. The van der Waals surface area contributed by atoms with E-state index in [0.717, 1.165) is 18.2 Å². The van der Waals surface area contributed by atoms with Gasteiger partial charge in [-0.1, -0.05) is 18.2 Å². The summed E-state index contributed by atoms with van der Waals surface area (Å²) < 4.78 is 68.0. The molecule has 0 aromatic heterocycles. The molecule has 0 amide bonds. The molecule has 1 aromatic rings. The van der Waals surface area contributed by atoms with Gasteiger partial charge in [0.25, 0.3) is 0 Å². The summed E-state index contributed by atoms with van der Waals surface area (Å²) in [6.07, 6.45) is 0.0933. The predicted molar refractivity (Wildman–Crippen MR) is 54.0 cm³/mol. The molecular weight excluding hydrogens is 255 g/mol. The summed E-state index contributed by atoms with van der Waals surface area (Å²) in [6.45, 7) is 3.15. The second-order valence-electron chi connectivity index (χ2n) is 4.16. The quantitative estimate of drug-likeness (QED) is 0.641. The molecule has 1 aliphatic carbocycles. The molecule has 0 saturated heterocycles. The molecule has 2 rings (SSSR count). The van der Waals surface area contributed by atoms with Crippen LogP contribution in [0.1, 0.15) is 17.5 Å². The zero-order valence-corrected chi connectivity index (χ0v) is 9.06. The molecule has 0 radical (unpaired) electrons. The minimum Gasteiger partial charge on any atom is -0.378 e. The Kier molecular flexibility index (Phi) is 2.56. The average molecular weight is 264 g/mol. The molecule has 1 atom stereocenters. The molecule has 0 spiro atoms. The summed E-state index contributed by atoms with van der Waals surface area (Å²) in [4.78, 5) is 0. The van der Waals surface area contributed by atoms with E-state index in [9.17, 15) is 27.1 Å². The van der Waals surface area contributed by atoms with Crippen LogP contribution in [-0.2, 0) is 11.5 Å². The fraction of sp³-hybridized carbons (Fsp3) is 0.333. The molecule has 6 heteroatoms. The van der Waals surface area contributed by atoms with Gasteiger partial charge in [0.2, 0.25) is 0 Å². The van der Waals surface area contributed by atoms with Crippen molar-refractivity contribution in [2.24, 2.45) is 0 Å². The summed E-state index contributed by atoms with van der Waals surface area (Å²) in [5.74, 6) is -11.0. The van der Waals surface area contributed by atoms with Gasteiger partial charge in [-0.15, -0.1) is 6.58 Å². The van der Waals surface area contributed by atoms with E-state index in [1.54, 1.807) is 0 Å². The Labute approximate surface area is 99.5 Å². The van der Waals surface area contributed by atoms with Crippen molar-refractivity contribution in [2.45, 2.75) is 23.9 Å². The fourth-order valence-electron chi connectivity index (χ4n) is 2.22. The highest BCUT2D eigenvalue weighted by molar-refractivity contribution is 5.46. The van der Waals surface area contributed by atoms with Crippen molar-refractivity contribution < 1.29 is 27.1 Å². The topological polar surface area (TPSA) is 20.2 Å². The summed E-state index contributed by atoms with van der Waals surface area (Å²) in [7, 11) is 0. The third-order valence-electron chi connectivity index (χ3n) is 3.13. The number of rotatable bonds is 2. The Bertz CT molecular complexity index is 511. The van der Waals surface area contributed by atoms with Gasteiger partial charge in [0, 0.05) is 12.0 Å².